The molecule has 2 aromatic carbocycles. The predicted molar refractivity (Wildman–Crippen MR) is 101 cm³/mol. The van der Waals surface area contributed by atoms with Crippen molar-refractivity contribution in [3.8, 4) is 0 Å². The van der Waals surface area contributed by atoms with Crippen LogP contribution >= 0.6 is 0 Å². The summed E-state index contributed by atoms with van der Waals surface area (Å²) in [5.74, 6) is -0.137. The number of hydrogen-bond acceptors (Lipinski definition) is 3. The molecule has 1 heterocycles. The molecule has 25 heavy (non-hydrogen) atoms. The highest BCUT2D eigenvalue weighted by atomic mass is 16.1. The first kappa shape index (κ1) is 16.7. The number of aryl methyl sites for hydroxylation is 2. The van der Waals surface area contributed by atoms with E-state index < -0.39 is 0 Å². The molecule has 126 valence electrons. The summed E-state index contributed by atoms with van der Waals surface area (Å²) in [6.07, 6.45) is 3.29. The maximum absolute atomic E-state index is 12.4. The summed E-state index contributed by atoms with van der Waals surface area (Å²) in [6, 6.07) is 17.9. The number of anilines is 2. The highest BCUT2D eigenvalue weighted by Gasteiger charge is 2.08. The molecule has 3 rings (SSSR count). The van der Waals surface area contributed by atoms with Gasteiger partial charge in [0.05, 0.1) is 17.4 Å². The number of benzene rings is 2. The lowest BCUT2D eigenvalue weighted by molar-refractivity contribution is 0.0950. The molecule has 3 aromatic rings. The van der Waals surface area contributed by atoms with Crippen molar-refractivity contribution < 1.29 is 4.79 Å². The first-order valence-electron chi connectivity index (χ1n) is 8.23. The van der Waals surface area contributed by atoms with E-state index in [9.17, 15) is 4.79 Å². The minimum Gasteiger partial charge on any atom is -0.354 e. The van der Waals surface area contributed by atoms with Gasteiger partial charge in [-0.3, -0.25) is 9.78 Å². The minimum absolute atomic E-state index is 0.137. The Morgan fingerprint density at radius 3 is 2.64 bits per heavy atom. The average Bonchev–Trinajstić information content (AvgIpc) is 2.62. The molecule has 0 spiro atoms. The Morgan fingerprint density at radius 1 is 1.00 bits per heavy atom. The van der Waals surface area contributed by atoms with Crippen molar-refractivity contribution in [2.45, 2.75) is 20.4 Å². The van der Waals surface area contributed by atoms with Crippen LogP contribution in [0.3, 0.4) is 0 Å². The number of nitrogens with zero attached hydrogens (tertiary/aromatic N) is 1. The van der Waals surface area contributed by atoms with Gasteiger partial charge < -0.3 is 10.6 Å². The summed E-state index contributed by atoms with van der Waals surface area (Å²) in [6.45, 7) is 4.57. The molecule has 0 aliphatic heterocycles. The number of amides is 1. The van der Waals surface area contributed by atoms with Crippen LogP contribution in [0, 0.1) is 13.8 Å². The maximum Gasteiger partial charge on any atom is 0.253 e. The fourth-order valence-corrected chi connectivity index (χ4v) is 2.61. The number of hydrogen-bond donors (Lipinski definition) is 2. The molecule has 0 aliphatic rings. The van der Waals surface area contributed by atoms with Crippen LogP contribution in [0.2, 0.25) is 0 Å². The Hall–Kier alpha value is -3.14. The molecule has 0 fully saturated rings. The number of pyridine rings is 1. The van der Waals surface area contributed by atoms with E-state index in [1.165, 1.54) is 5.56 Å². The second-order valence-electron chi connectivity index (χ2n) is 6.07. The normalized spacial score (nSPS) is 10.3. The molecule has 2 N–H and O–H groups in total. The number of nitrogens with one attached hydrogen (secondary N) is 2. The topological polar surface area (TPSA) is 54.0 Å². The predicted octanol–water partition coefficient (Wildman–Crippen LogP) is 4.37. The zero-order valence-electron chi connectivity index (χ0n) is 14.4. The van der Waals surface area contributed by atoms with E-state index in [2.05, 4.69) is 21.7 Å². The second kappa shape index (κ2) is 7.62. The maximum atomic E-state index is 12.4. The molecule has 1 amide bonds. The highest BCUT2D eigenvalue weighted by Crippen LogP contribution is 2.20. The molecule has 0 radical (unpaired) electrons. The molecule has 0 saturated carbocycles. The van der Waals surface area contributed by atoms with Crippen molar-refractivity contribution in [3.05, 3.63) is 89.2 Å². The number of para-hydroxylation sites is 1. The first-order chi connectivity index (χ1) is 12.1. The van der Waals surface area contributed by atoms with Gasteiger partial charge in [-0.05, 0) is 37.1 Å². The molecule has 0 aliphatic carbocycles. The van der Waals surface area contributed by atoms with E-state index in [-0.39, 0.29) is 5.91 Å². The molecule has 0 saturated heterocycles. The fraction of sp³-hybridized carbons (Fsp3) is 0.143. The lowest BCUT2D eigenvalue weighted by atomic mass is 10.1. The van der Waals surface area contributed by atoms with Crippen molar-refractivity contribution in [1.29, 1.82) is 0 Å². The van der Waals surface area contributed by atoms with Crippen LogP contribution in [0.4, 0.5) is 11.4 Å². The van der Waals surface area contributed by atoms with E-state index >= 15 is 0 Å². The summed E-state index contributed by atoms with van der Waals surface area (Å²) in [7, 11) is 0. The highest BCUT2D eigenvalue weighted by molar-refractivity contribution is 5.94. The Kier molecular flexibility index (Phi) is 5.09. The molecule has 0 unspecified atom stereocenters. The summed E-state index contributed by atoms with van der Waals surface area (Å²) in [5, 5.41) is 6.24. The van der Waals surface area contributed by atoms with Gasteiger partial charge in [-0.15, -0.1) is 0 Å². The fourth-order valence-electron chi connectivity index (χ4n) is 2.61. The largest absolute Gasteiger partial charge is 0.354 e. The molecular formula is C21H21N3O. The van der Waals surface area contributed by atoms with Gasteiger partial charge in [0, 0.05) is 18.4 Å². The van der Waals surface area contributed by atoms with E-state index in [1.54, 1.807) is 12.4 Å². The van der Waals surface area contributed by atoms with Crippen LogP contribution in [-0.2, 0) is 6.54 Å². The van der Waals surface area contributed by atoms with Gasteiger partial charge in [-0.25, -0.2) is 0 Å². The zero-order chi connectivity index (χ0) is 17.6. The molecule has 4 heteroatoms. The van der Waals surface area contributed by atoms with Crippen LogP contribution in [0.15, 0.2) is 67.0 Å². The van der Waals surface area contributed by atoms with Crippen LogP contribution < -0.4 is 10.6 Å². The van der Waals surface area contributed by atoms with Crippen LogP contribution in [-0.4, -0.2) is 10.9 Å². The number of rotatable bonds is 5. The van der Waals surface area contributed by atoms with Crippen LogP contribution in [0.5, 0.6) is 0 Å². The Balaban J connectivity index is 1.68. The number of carbonyl (C=O) groups excluding carboxylic acids is 1. The van der Waals surface area contributed by atoms with E-state index in [0.29, 0.717) is 12.1 Å². The summed E-state index contributed by atoms with van der Waals surface area (Å²) < 4.78 is 0. The minimum atomic E-state index is -0.137. The second-order valence-corrected chi connectivity index (χ2v) is 6.07. The van der Waals surface area contributed by atoms with E-state index in [1.807, 2.05) is 62.4 Å². The van der Waals surface area contributed by atoms with Gasteiger partial charge >= 0.3 is 0 Å². The Bertz CT molecular complexity index is 890. The zero-order valence-corrected chi connectivity index (χ0v) is 14.4. The van der Waals surface area contributed by atoms with Crippen molar-refractivity contribution >= 4 is 17.3 Å². The summed E-state index contributed by atoms with van der Waals surface area (Å²) in [5.41, 5.74) is 5.72. The average molecular weight is 331 g/mol. The van der Waals surface area contributed by atoms with Gasteiger partial charge in [0.1, 0.15) is 0 Å². The smallest absolute Gasteiger partial charge is 0.253 e. The lowest BCUT2D eigenvalue weighted by Gasteiger charge is -2.10. The lowest BCUT2D eigenvalue weighted by Crippen LogP contribution is -2.23. The SMILES string of the molecule is Cc1cccc(CNC(=O)c2cncc(Nc3ccccc3C)c2)c1. The van der Waals surface area contributed by atoms with Crippen LogP contribution in [0.25, 0.3) is 0 Å². The summed E-state index contributed by atoms with van der Waals surface area (Å²) >= 11 is 0. The van der Waals surface area contributed by atoms with Gasteiger partial charge in [0.15, 0.2) is 0 Å². The third-order valence-corrected chi connectivity index (χ3v) is 3.96. The molecule has 4 nitrogen and oxygen atoms in total. The summed E-state index contributed by atoms with van der Waals surface area (Å²) in [4.78, 5) is 16.6. The van der Waals surface area contributed by atoms with E-state index in [4.69, 9.17) is 0 Å². The Labute approximate surface area is 147 Å². The standard InChI is InChI=1S/C21H21N3O/c1-15-6-5-8-17(10-15)12-23-21(25)18-11-19(14-22-13-18)24-20-9-4-3-7-16(20)2/h3-11,13-14,24H,12H2,1-2H3,(H,23,25). The van der Waals surface area contributed by atoms with Crippen molar-refractivity contribution in [2.24, 2.45) is 0 Å². The molecule has 1 aromatic heterocycles. The molecular weight excluding hydrogens is 310 g/mol. The van der Waals surface area contributed by atoms with Gasteiger partial charge in [-0.2, -0.15) is 0 Å². The van der Waals surface area contributed by atoms with Crippen molar-refractivity contribution in [1.82, 2.24) is 10.3 Å². The monoisotopic (exact) mass is 331 g/mol. The van der Waals surface area contributed by atoms with E-state index in [0.717, 1.165) is 22.5 Å². The Morgan fingerprint density at radius 2 is 1.84 bits per heavy atom. The number of carbonyl (C=O) groups is 1. The van der Waals surface area contributed by atoms with Crippen LogP contribution in [0.1, 0.15) is 27.0 Å². The van der Waals surface area contributed by atoms with Crippen molar-refractivity contribution in [2.75, 3.05) is 5.32 Å². The molecule has 0 atom stereocenters. The van der Waals surface area contributed by atoms with Gasteiger partial charge in [-0.1, -0.05) is 48.0 Å². The quantitative estimate of drug-likeness (QED) is 0.730. The third-order valence-electron chi connectivity index (χ3n) is 3.96. The first-order valence-corrected chi connectivity index (χ1v) is 8.23. The van der Waals surface area contributed by atoms with Gasteiger partial charge in [0.25, 0.3) is 5.91 Å². The molecule has 0 bridgehead atoms. The van der Waals surface area contributed by atoms with Gasteiger partial charge in [0.2, 0.25) is 0 Å². The van der Waals surface area contributed by atoms with Crippen molar-refractivity contribution in [3.63, 3.8) is 0 Å². The number of aromatic nitrogens is 1. The third kappa shape index (κ3) is 4.44.